The van der Waals surface area contributed by atoms with Crippen LogP contribution < -0.4 is 0 Å². The molecule has 0 atom stereocenters. The number of hydrogen-bond acceptors (Lipinski definition) is 2. The van der Waals surface area contributed by atoms with Gasteiger partial charge in [-0.15, -0.1) is 0 Å². The Bertz CT molecular complexity index is 900. The lowest BCUT2D eigenvalue weighted by Gasteiger charge is -2.15. The van der Waals surface area contributed by atoms with Gasteiger partial charge < -0.3 is 10.2 Å². The Hall–Kier alpha value is -3.40. The summed E-state index contributed by atoms with van der Waals surface area (Å²) < 4.78 is 0. The average molecular weight is 318 g/mol. The zero-order valence-electron chi connectivity index (χ0n) is 12.6. The molecule has 0 bridgehead atoms. The zero-order valence-corrected chi connectivity index (χ0v) is 12.6. The van der Waals surface area contributed by atoms with Crippen LogP contribution in [0.3, 0.4) is 0 Å². The molecular weight excluding hydrogens is 304 g/mol. The highest BCUT2D eigenvalue weighted by molar-refractivity contribution is 6.09. The van der Waals surface area contributed by atoms with Gasteiger partial charge in [-0.3, -0.25) is 0 Å². The molecule has 24 heavy (non-hydrogen) atoms. The minimum atomic E-state index is -1.16. The van der Waals surface area contributed by atoms with E-state index in [1.165, 1.54) is 6.07 Å². The number of carbonyl (C=O) groups is 2. The molecule has 3 rings (SSSR count). The van der Waals surface area contributed by atoms with E-state index < -0.39 is 11.9 Å². The standard InChI is InChI=1S/C20H14O4/c21-19(22)16-12-11-15(13-7-3-1-4-8-13)18(20(23)24)17(16)14-9-5-2-6-10-14/h1-12H,(H,21,22)(H,23,24). The third-order valence-corrected chi connectivity index (χ3v) is 3.80. The lowest BCUT2D eigenvalue weighted by Crippen LogP contribution is -2.09. The largest absolute Gasteiger partial charge is 0.478 e. The molecule has 0 radical (unpaired) electrons. The third kappa shape index (κ3) is 2.77. The molecule has 0 saturated carbocycles. The molecule has 4 nitrogen and oxygen atoms in total. The van der Waals surface area contributed by atoms with Crippen LogP contribution >= 0.6 is 0 Å². The van der Waals surface area contributed by atoms with Gasteiger partial charge in [-0.1, -0.05) is 66.7 Å². The van der Waals surface area contributed by atoms with Gasteiger partial charge in [0.15, 0.2) is 0 Å². The Kier molecular flexibility index (Phi) is 4.12. The first kappa shape index (κ1) is 15.5. The van der Waals surface area contributed by atoms with Crippen LogP contribution in [0.1, 0.15) is 20.7 Å². The summed E-state index contributed by atoms with van der Waals surface area (Å²) in [6.07, 6.45) is 0. The molecule has 118 valence electrons. The first-order chi connectivity index (χ1) is 11.6. The smallest absolute Gasteiger partial charge is 0.336 e. The van der Waals surface area contributed by atoms with Gasteiger partial charge in [0.25, 0.3) is 0 Å². The fourth-order valence-corrected chi connectivity index (χ4v) is 2.77. The van der Waals surface area contributed by atoms with Crippen LogP contribution in [-0.2, 0) is 0 Å². The zero-order chi connectivity index (χ0) is 17.1. The number of hydrogen-bond donors (Lipinski definition) is 2. The predicted octanol–water partition coefficient (Wildman–Crippen LogP) is 4.42. The van der Waals surface area contributed by atoms with Crippen molar-refractivity contribution in [3.8, 4) is 22.3 Å². The molecule has 0 aliphatic rings. The quantitative estimate of drug-likeness (QED) is 0.747. The highest BCUT2D eigenvalue weighted by Crippen LogP contribution is 2.35. The number of aromatic carboxylic acids is 2. The lowest BCUT2D eigenvalue weighted by molar-refractivity contribution is 0.0696. The van der Waals surface area contributed by atoms with Gasteiger partial charge in [0.2, 0.25) is 0 Å². The van der Waals surface area contributed by atoms with Crippen LogP contribution in [0.4, 0.5) is 0 Å². The van der Waals surface area contributed by atoms with Crippen molar-refractivity contribution in [2.75, 3.05) is 0 Å². The normalized spacial score (nSPS) is 10.3. The maximum absolute atomic E-state index is 12.0. The number of benzene rings is 3. The van der Waals surface area contributed by atoms with Crippen LogP contribution in [0.15, 0.2) is 72.8 Å². The molecule has 0 saturated heterocycles. The fourth-order valence-electron chi connectivity index (χ4n) is 2.77. The predicted molar refractivity (Wildman–Crippen MR) is 91.2 cm³/mol. The van der Waals surface area contributed by atoms with Crippen molar-refractivity contribution in [2.45, 2.75) is 0 Å². The summed E-state index contributed by atoms with van der Waals surface area (Å²) in [6, 6.07) is 20.8. The molecule has 0 aliphatic heterocycles. The van der Waals surface area contributed by atoms with E-state index >= 15 is 0 Å². The first-order valence-corrected chi connectivity index (χ1v) is 7.34. The molecule has 0 heterocycles. The van der Waals surface area contributed by atoms with E-state index in [9.17, 15) is 19.8 Å². The van der Waals surface area contributed by atoms with Crippen molar-refractivity contribution < 1.29 is 19.8 Å². The van der Waals surface area contributed by atoms with Gasteiger partial charge in [-0.05, 0) is 22.8 Å². The highest BCUT2D eigenvalue weighted by Gasteiger charge is 2.23. The number of carboxylic acid groups (broad SMARTS) is 2. The molecule has 0 aromatic heterocycles. The molecule has 3 aromatic carbocycles. The molecular formula is C20H14O4. The first-order valence-electron chi connectivity index (χ1n) is 7.34. The summed E-state index contributed by atoms with van der Waals surface area (Å²) in [4.78, 5) is 23.6. The summed E-state index contributed by atoms with van der Waals surface area (Å²) in [6.45, 7) is 0. The number of rotatable bonds is 4. The van der Waals surface area contributed by atoms with E-state index in [0.29, 0.717) is 11.1 Å². The maximum Gasteiger partial charge on any atom is 0.336 e. The molecule has 0 amide bonds. The topological polar surface area (TPSA) is 74.6 Å². The Morgan fingerprint density at radius 3 is 1.67 bits per heavy atom. The second-order valence-electron chi connectivity index (χ2n) is 5.25. The summed E-state index contributed by atoms with van der Waals surface area (Å²) in [7, 11) is 0. The van der Waals surface area contributed by atoms with E-state index in [0.717, 1.165) is 5.56 Å². The minimum absolute atomic E-state index is 0.00713. The van der Waals surface area contributed by atoms with Crippen molar-refractivity contribution in [3.63, 3.8) is 0 Å². The number of carboxylic acids is 2. The van der Waals surface area contributed by atoms with Gasteiger partial charge in [0.1, 0.15) is 0 Å². The van der Waals surface area contributed by atoms with Crippen molar-refractivity contribution in [3.05, 3.63) is 83.9 Å². The van der Waals surface area contributed by atoms with Gasteiger partial charge >= 0.3 is 11.9 Å². The summed E-state index contributed by atoms with van der Waals surface area (Å²) >= 11 is 0. The molecule has 3 aromatic rings. The van der Waals surface area contributed by atoms with Crippen LogP contribution in [0.5, 0.6) is 0 Å². The highest BCUT2D eigenvalue weighted by atomic mass is 16.4. The van der Waals surface area contributed by atoms with Crippen molar-refractivity contribution in [2.24, 2.45) is 0 Å². The van der Waals surface area contributed by atoms with Crippen LogP contribution in [0.2, 0.25) is 0 Å². The lowest BCUT2D eigenvalue weighted by atomic mass is 9.88. The summed E-state index contributed by atoms with van der Waals surface area (Å²) in [5.41, 5.74) is 1.96. The second-order valence-corrected chi connectivity index (χ2v) is 5.25. The Balaban J connectivity index is 2.40. The Labute approximate surface area is 138 Å². The van der Waals surface area contributed by atoms with Crippen LogP contribution in [0, 0.1) is 0 Å². The average Bonchev–Trinajstić information content (AvgIpc) is 2.61. The maximum atomic E-state index is 12.0. The van der Waals surface area contributed by atoms with E-state index in [2.05, 4.69) is 0 Å². The molecule has 4 heteroatoms. The van der Waals surface area contributed by atoms with Crippen molar-refractivity contribution >= 4 is 11.9 Å². The van der Waals surface area contributed by atoms with Crippen LogP contribution in [-0.4, -0.2) is 22.2 Å². The van der Waals surface area contributed by atoms with E-state index in [4.69, 9.17) is 0 Å². The molecule has 0 fully saturated rings. The van der Waals surface area contributed by atoms with E-state index in [-0.39, 0.29) is 16.7 Å². The van der Waals surface area contributed by atoms with Crippen molar-refractivity contribution in [1.29, 1.82) is 0 Å². The van der Waals surface area contributed by atoms with Gasteiger partial charge in [-0.25, -0.2) is 9.59 Å². The van der Waals surface area contributed by atoms with E-state index in [1.54, 1.807) is 48.5 Å². The molecule has 0 spiro atoms. The molecule has 0 unspecified atom stereocenters. The second kappa shape index (κ2) is 6.38. The third-order valence-electron chi connectivity index (χ3n) is 3.80. The molecule has 0 aliphatic carbocycles. The Morgan fingerprint density at radius 2 is 1.17 bits per heavy atom. The Morgan fingerprint density at radius 1 is 0.625 bits per heavy atom. The van der Waals surface area contributed by atoms with Crippen LogP contribution in [0.25, 0.3) is 22.3 Å². The monoisotopic (exact) mass is 318 g/mol. The van der Waals surface area contributed by atoms with Crippen molar-refractivity contribution in [1.82, 2.24) is 0 Å². The van der Waals surface area contributed by atoms with E-state index in [1.807, 2.05) is 18.2 Å². The summed E-state index contributed by atoms with van der Waals surface area (Å²) in [5, 5.41) is 19.3. The fraction of sp³-hybridized carbons (Fsp3) is 0. The van der Waals surface area contributed by atoms with Gasteiger partial charge in [-0.2, -0.15) is 0 Å². The van der Waals surface area contributed by atoms with Gasteiger partial charge in [0, 0.05) is 5.56 Å². The molecule has 2 N–H and O–H groups in total. The van der Waals surface area contributed by atoms with Gasteiger partial charge in [0.05, 0.1) is 11.1 Å². The SMILES string of the molecule is O=C(O)c1ccc(-c2ccccc2)c(C(=O)O)c1-c1ccccc1. The summed E-state index contributed by atoms with van der Waals surface area (Å²) in [5.74, 6) is -2.31. The minimum Gasteiger partial charge on any atom is -0.478 e.